The van der Waals surface area contributed by atoms with Crippen LogP contribution in [-0.2, 0) is 0 Å². The van der Waals surface area contributed by atoms with Crippen LogP contribution in [0.5, 0.6) is 0 Å². The van der Waals surface area contributed by atoms with Crippen molar-refractivity contribution in [1.29, 1.82) is 5.26 Å². The lowest BCUT2D eigenvalue weighted by atomic mass is 10.2. The average Bonchev–Trinajstić information content (AvgIpc) is 3.05. The molecule has 0 fully saturated rings. The first kappa shape index (κ1) is 14.8. The molecule has 0 unspecified atom stereocenters. The van der Waals surface area contributed by atoms with Crippen molar-refractivity contribution in [2.75, 3.05) is 5.32 Å². The van der Waals surface area contributed by atoms with E-state index < -0.39 is 0 Å². The minimum Gasteiger partial charge on any atom is -0.340 e. The third-order valence-electron chi connectivity index (χ3n) is 3.81. The smallest absolute Gasteiger partial charge is 0.146 e. The van der Waals surface area contributed by atoms with Gasteiger partial charge in [-0.3, -0.25) is 4.57 Å². The Balaban J connectivity index is 1.69. The number of imidazole rings is 1. The van der Waals surface area contributed by atoms with Gasteiger partial charge in [0.15, 0.2) is 0 Å². The molecule has 25 heavy (non-hydrogen) atoms. The summed E-state index contributed by atoms with van der Waals surface area (Å²) in [5, 5.41) is 12.2. The Morgan fingerprint density at radius 2 is 1.88 bits per heavy atom. The van der Waals surface area contributed by atoms with Gasteiger partial charge in [0.25, 0.3) is 0 Å². The van der Waals surface area contributed by atoms with Crippen molar-refractivity contribution in [3.05, 3.63) is 72.4 Å². The van der Waals surface area contributed by atoms with Gasteiger partial charge in [-0.2, -0.15) is 5.26 Å². The first-order valence-electron chi connectivity index (χ1n) is 7.78. The van der Waals surface area contributed by atoms with Gasteiger partial charge in [-0.1, -0.05) is 18.2 Å². The van der Waals surface area contributed by atoms with Crippen LogP contribution < -0.4 is 5.32 Å². The van der Waals surface area contributed by atoms with E-state index in [-0.39, 0.29) is 0 Å². The normalized spacial score (nSPS) is 10.6. The maximum absolute atomic E-state index is 9.02. The lowest BCUT2D eigenvalue weighted by Crippen LogP contribution is -1.99. The summed E-state index contributed by atoms with van der Waals surface area (Å²) in [4.78, 5) is 12.9. The van der Waals surface area contributed by atoms with E-state index >= 15 is 0 Å². The summed E-state index contributed by atoms with van der Waals surface area (Å²) in [5.74, 6) is 1.14. The van der Waals surface area contributed by atoms with Crippen LogP contribution in [0.2, 0.25) is 0 Å². The largest absolute Gasteiger partial charge is 0.340 e. The van der Waals surface area contributed by atoms with Gasteiger partial charge in [-0.05, 0) is 37.3 Å². The van der Waals surface area contributed by atoms with Gasteiger partial charge >= 0.3 is 0 Å². The summed E-state index contributed by atoms with van der Waals surface area (Å²) in [7, 11) is 0. The Bertz CT molecular complexity index is 1090. The fourth-order valence-corrected chi connectivity index (χ4v) is 2.72. The Hall–Kier alpha value is -3.72. The monoisotopic (exact) mass is 326 g/mol. The molecule has 0 atom stereocenters. The van der Waals surface area contributed by atoms with Crippen LogP contribution >= 0.6 is 0 Å². The number of rotatable bonds is 3. The highest BCUT2D eigenvalue weighted by molar-refractivity contribution is 5.82. The van der Waals surface area contributed by atoms with E-state index in [0.29, 0.717) is 17.3 Å². The molecule has 0 aliphatic heterocycles. The molecule has 1 N–H and O–H groups in total. The molecule has 0 aliphatic carbocycles. The topological polar surface area (TPSA) is 79.4 Å². The Morgan fingerprint density at radius 3 is 2.68 bits per heavy atom. The first-order valence-corrected chi connectivity index (χ1v) is 7.78. The van der Waals surface area contributed by atoms with Crippen molar-refractivity contribution in [1.82, 2.24) is 19.5 Å². The molecule has 120 valence electrons. The molecule has 0 amide bonds. The van der Waals surface area contributed by atoms with Crippen molar-refractivity contribution < 1.29 is 0 Å². The Labute approximate surface area is 144 Å². The lowest BCUT2D eigenvalue weighted by molar-refractivity contribution is 1.04. The van der Waals surface area contributed by atoms with E-state index in [2.05, 4.69) is 20.3 Å². The maximum Gasteiger partial charge on any atom is 0.146 e. The third kappa shape index (κ3) is 2.91. The number of benzene rings is 2. The summed E-state index contributed by atoms with van der Waals surface area (Å²) >= 11 is 0. The van der Waals surface area contributed by atoms with Crippen LogP contribution in [0.25, 0.3) is 16.7 Å². The molecule has 2 heterocycles. The van der Waals surface area contributed by atoms with Crippen molar-refractivity contribution in [2.45, 2.75) is 6.92 Å². The van der Waals surface area contributed by atoms with E-state index in [1.165, 1.54) is 0 Å². The van der Waals surface area contributed by atoms with E-state index in [1.54, 1.807) is 13.0 Å². The van der Waals surface area contributed by atoms with Crippen LogP contribution in [0.4, 0.5) is 11.5 Å². The molecule has 4 aromatic rings. The molecule has 2 aromatic carbocycles. The fourth-order valence-electron chi connectivity index (χ4n) is 2.72. The average molecular weight is 326 g/mol. The predicted octanol–water partition coefficient (Wildman–Crippen LogP) is 3.74. The molecule has 0 radical (unpaired) electrons. The lowest BCUT2D eigenvalue weighted by Gasteiger charge is -2.07. The summed E-state index contributed by atoms with van der Waals surface area (Å²) in [5.41, 5.74) is 4.15. The predicted molar refractivity (Wildman–Crippen MR) is 95.8 cm³/mol. The van der Waals surface area contributed by atoms with Gasteiger partial charge in [0, 0.05) is 17.4 Å². The molecule has 0 bridgehead atoms. The van der Waals surface area contributed by atoms with Crippen LogP contribution in [0.3, 0.4) is 0 Å². The minimum absolute atomic E-state index is 0.337. The molecule has 6 nitrogen and oxygen atoms in total. The molecule has 6 heteroatoms. The Kier molecular flexibility index (Phi) is 3.60. The number of para-hydroxylation sites is 1. The van der Waals surface area contributed by atoms with Crippen LogP contribution in [0, 0.1) is 18.3 Å². The molecule has 0 saturated heterocycles. The number of hydrogen-bond donors (Lipinski definition) is 1. The molecule has 0 aliphatic rings. The SMILES string of the molecule is Cc1nc(C#N)cc(Nc2ccc3c(c2)ncn3-c2ccccc2)n1. The van der Waals surface area contributed by atoms with Crippen LogP contribution in [0.1, 0.15) is 11.5 Å². The number of aryl methyl sites for hydroxylation is 1. The molecule has 4 rings (SSSR count). The zero-order valence-corrected chi connectivity index (χ0v) is 13.5. The number of aromatic nitrogens is 4. The summed E-state index contributed by atoms with van der Waals surface area (Å²) in [6.45, 7) is 1.76. The quantitative estimate of drug-likeness (QED) is 0.620. The van der Waals surface area contributed by atoms with Gasteiger partial charge in [0.2, 0.25) is 0 Å². The number of anilines is 2. The summed E-state index contributed by atoms with van der Waals surface area (Å²) in [6.07, 6.45) is 1.81. The second kappa shape index (κ2) is 6.06. The van der Waals surface area contributed by atoms with Gasteiger partial charge in [-0.25, -0.2) is 15.0 Å². The third-order valence-corrected chi connectivity index (χ3v) is 3.81. The standard InChI is InChI=1S/C19H14N6/c1-13-22-15(11-20)10-19(23-13)24-14-7-8-18-17(9-14)21-12-25(18)16-5-3-2-4-6-16/h2-10,12H,1H3,(H,22,23,24). The van der Waals surface area contributed by atoms with E-state index in [4.69, 9.17) is 5.26 Å². The number of nitrogens with one attached hydrogen (secondary N) is 1. The highest BCUT2D eigenvalue weighted by Gasteiger charge is 2.07. The van der Waals surface area contributed by atoms with Gasteiger partial charge in [0.05, 0.1) is 11.0 Å². The highest BCUT2D eigenvalue weighted by Crippen LogP contribution is 2.23. The zero-order chi connectivity index (χ0) is 17.2. The van der Waals surface area contributed by atoms with Crippen molar-refractivity contribution in [3.8, 4) is 11.8 Å². The van der Waals surface area contributed by atoms with Gasteiger partial charge in [0.1, 0.15) is 29.7 Å². The van der Waals surface area contributed by atoms with E-state index in [0.717, 1.165) is 22.4 Å². The van der Waals surface area contributed by atoms with E-state index in [1.807, 2.05) is 65.5 Å². The first-order chi connectivity index (χ1) is 12.2. The number of nitriles is 1. The molecule has 2 aromatic heterocycles. The summed E-state index contributed by atoms with van der Waals surface area (Å²) in [6, 6.07) is 19.7. The zero-order valence-electron chi connectivity index (χ0n) is 13.5. The van der Waals surface area contributed by atoms with Crippen LogP contribution in [-0.4, -0.2) is 19.5 Å². The second-order valence-corrected chi connectivity index (χ2v) is 5.58. The second-order valence-electron chi connectivity index (χ2n) is 5.58. The molecule has 0 saturated carbocycles. The molecular weight excluding hydrogens is 312 g/mol. The maximum atomic E-state index is 9.02. The number of fused-ring (bicyclic) bond motifs is 1. The molecular formula is C19H14N6. The van der Waals surface area contributed by atoms with Gasteiger partial charge < -0.3 is 5.32 Å². The van der Waals surface area contributed by atoms with Crippen LogP contribution in [0.15, 0.2) is 60.9 Å². The Morgan fingerprint density at radius 1 is 1.04 bits per heavy atom. The highest BCUT2D eigenvalue weighted by atomic mass is 15.1. The van der Waals surface area contributed by atoms with Crippen molar-refractivity contribution in [3.63, 3.8) is 0 Å². The molecule has 0 spiro atoms. The number of nitrogens with zero attached hydrogens (tertiary/aromatic N) is 5. The fraction of sp³-hybridized carbons (Fsp3) is 0.0526. The minimum atomic E-state index is 0.337. The van der Waals surface area contributed by atoms with Crippen molar-refractivity contribution in [2.24, 2.45) is 0 Å². The van der Waals surface area contributed by atoms with E-state index in [9.17, 15) is 0 Å². The summed E-state index contributed by atoms with van der Waals surface area (Å²) < 4.78 is 2.04. The van der Waals surface area contributed by atoms with Crippen molar-refractivity contribution >= 4 is 22.5 Å². The van der Waals surface area contributed by atoms with Gasteiger partial charge in [-0.15, -0.1) is 0 Å². The number of hydrogen-bond acceptors (Lipinski definition) is 5.